The normalized spacial score (nSPS) is 14.5. The third kappa shape index (κ3) is 9.59. The Morgan fingerprint density at radius 1 is 1.16 bits per heavy atom. The summed E-state index contributed by atoms with van der Waals surface area (Å²) < 4.78 is 19.9. The van der Waals surface area contributed by atoms with E-state index in [1.54, 1.807) is 47.7 Å². The van der Waals surface area contributed by atoms with Crippen molar-refractivity contribution in [2.24, 2.45) is 0 Å². The van der Waals surface area contributed by atoms with Crippen LogP contribution in [-0.2, 0) is 16.1 Å². The van der Waals surface area contributed by atoms with E-state index in [1.807, 2.05) is 7.05 Å². The molecule has 0 radical (unpaired) electrons. The summed E-state index contributed by atoms with van der Waals surface area (Å²) in [6.45, 7) is 3.35. The van der Waals surface area contributed by atoms with Crippen molar-refractivity contribution in [2.75, 3.05) is 18.9 Å². The van der Waals surface area contributed by atoms with Gasteiger partial charge in [0.25, 0.3) is 0 Å². The van der Waals surface area contributed by atoms with E-state index in [-0.39, 0.29) is 17.8 Å². The summed E-state index contributed by atoms with van der Waals surface area (Å²) in [5.74, 6) is 0.924. The highest BCUT2D eigenvalue weighted by atomic mass is 32.1. The van der Waals surface area contributed by atoms with E-state index in [0.717, 1.165) is 31.4 Å². The Balaban J connectivity index is 0.000000220. The number of aromatic nitrogens is 3. The Kier molecular flexibility index (Phi) is 10.9. The zero-order valence-electron chi connectivity index (χ0n) is 20.8. The highest BCUT2D eigenvalue weighted by Crippen LogP contribution is 2.24. The Hall–Kier alpha value is -3.89. The summed E-state index contributed by atoms with van der Waals surface area (Å²) in [7, 11) is 1.97. The number of thiophene rings is 1. The SMILES string of the molecule is CN1CCC[C@H]1C(=O)Nc1ccc(Oc2ccc(F)cc2)cc1.Cc1ccsc1.O=CCn1cncn1. The molecule has 0 saturated carbocycles. The molecule has 0 bridgehead atoms. The first-order valence-electron chi connectivity index (χ1n) is 11.7. The topological polar surface area (TPSA) is 89.4 Å². The molecule has 4 aromatic rings. The summed E-state index contributed by atoms with van der Waals surface area (Å²) in [5, 5.41) is 10.8. The lowest BCUT2D eigenvalue weighted by molar-refractivity contribution is -0.120. The van der Waals surface area contributed by atoms with Gasteiger partial charge in [-0.2, -0.15) is 16.4 Å². The molecule has 1 saturated heterocycles. The lowest BCUT2D eigenvalue weighted by Gasteiger charge is -2.18. The molecule has 1 aliphatic heterocycles. The molecule has 194 valence electrons. The summed E-state index contributed by atoms with van der Waals surface area (Å²) >= 11 is 1.74. The summed E-state index contributed by atoms with van der Waals surface area (Å²) in [5.41, 5.74) is 2.10. The molecule has 5 rings (SSSR count). The Labute approximate surface area is 219 Å². The van der Waals surface area contributed by atoms with Crippen molar-refractivity contribution in [3.05, 3.63) is 89.4 Å². The molecular formula is C27H30FN5O3S. The Morgan fingerprint density at radius 3 is 2.35 bits per heavy atom. The molecule has 2 aromatic carbocycles. The minimum absolute atomic E-state index is 0.0252. The van der Waals surface area contributed by atoms with Crippen LogP contribution in [0.4, 0.5) is 10.1 Å². The molecule has 0 spiro atoms. The molecule has 1 fully saturated rings. The van der Waals surface area contributed by atoms with Crippen LogP contribution >= 0.6 is 11.3 Å². The maximum absolute atomic E-state index is 12.9. The van der Waals surface area contributed by atoms with Crippen molar-refractivity contribution in [2.45, 2.75) is 32.4 Å². The number of carbonyl (C=O) groups is 2. The smallest absolute Gasteiger partial charge is 0.241 e. The number of likely N-dealkylation sites (N-methyl/N-ethyl adjacent to an activating group) is 1. The van der Waals surface area contributed by atoms with Crippen molar-refractivity contribution in [1.82, 2.24) is 19.7 Å². The fourth-order valence-electron chi connectivity index (χ4n) is 3.45. The Bertz CT molecular complexity index is 1200. The monoisotopic (exact) mass is 523 g/mol. The number of amides is 1. The van der Waals surface area contributed by atoms with Gasteiger partial charge in [-0.25, -0.2) is 14.1 Å². The molecule has 8 nitrogen and oxygen atoms in total. The molecule has 10 heteroatoms. The van der Waals surface area contributed by atoms with Crippen molar-refractivity contribution in [3.8, 4) is 11.5 Å². The number of aldehydes is 1. The van der Waals surface area contributed by atoms with Crippen LogP contribution < -0.4 is 10.1 Å². The fraction of sp³-hybridized carbons (Fsp3) is 0.259. The number of halogens is 1. The van der Waals surface area contributed by atoms with Gasteiger partial charge in [-0.15, -0.1) is 0 Å². The molecule has 2 aromatic heterocycles. The molecule has 1 amide bonds. The standard InChI is InChI=1S/C18H19FN2O2.C5H6S.C4H5N3O/c1-21-12-2-3-17(21)18(22)20-14-6-10-16(11-7-14)23-15-8-4-13(19)5-9-15;1-5-2-3-6-4-5;8-2-1-7-4-5-3-6-7/h4-11,17H,2-3,12H2,1H3,(H,20,22);2-4H,1H3;2-4H,1H2/t17-;;/m0../s1. The summed E-state index contributed by atoms with van der Waals surface area (Å²) in [4.78, 5) is 27.7. The van der Waals surface area contributed by atoms with Gasteiger partial charge in [0.2, 0.25) is 5.91 Å². The zero-order chi connectivity index (χ0) is 26.5. The minimum atomic E-state index is -0.299. The zero-order valence-corrected chi connectivity index (χ0v) is 21.6. The van der Waals surface area contributed by atoms with E-state index in [4.69, 9.17) is 4.74 Å². The number of hydrogen-bond acceptors (Lipinski definition) is 7. The van der Waals surface area contributed by atoms with Crippen molar-refractivity contribution in [3.63, 3.8) is 0 Å². The van der Waals surface area contributed by atoms with Gasteiger partial charge in [-0.1, -0.05) is 0 Å². The quantitative estimate of drug-likeness (QED) is 0.350. The largest absolute Gasteiger partial charge is 0.457 e. The van der Waals surface area contributed by atoms with Crippen LogP contribution in [0.15, 0.2) is 78.0 Å². The predicted octanol–water partition coefficient (Wildman–Crippen LogP) is 5.18. The van der Waals surface area contributed by atoms with E-state index in [2.05, 4.69) is 44.0 Å². The van der Waals surface area contributed by atoms with Crippen LogP contribution in [0.5, 0.6) is 11.5 Å². The maximum Gasteiger partial charge on any atom is 0.241 e. The van der Waals surface area contributed by atoms with Crippen molar-refractivity contribution in [1.29, 1.82) is 0 Å². The predicted molar refractivity (Wildman–Crippen MR) is 142 cm³/mol. The van der Waals surface area contributed by atoms with E-state index < -0.39 is 0 Å². The third-order valence-corrected chi connectivity index (χ3v) is 6.19. The molecule has 1 N–H and O–H groups in total. The number of nitrogens with one attached hydrogen (secondary N) is 1. The average molecular weight is 524 g/mol. The van der Waals surface area contributed by atoms with Crippen LogP contribution in [0, 0.1) is 12.7 Å². The first-order chi connectivity index (χ1) is 17.9. The third-order valence-electron chi connectivity index (χ3n) is 5.39. The number of ether oxygens (including phenoxy) is 1. The highest BCUT2D eigenvalue weighted by Gasteiger charge is 2.27. The van der Waals surface area contributed by atoms with Crippen LogP contribution in [0.2, 0.25) is 0 Å². The molecule has 1 aliphatic rings. The lowest BCUT2D eigenvalue weighted by atomic mass is 10.2. The van der Waals surface area contributed by atoms with Crippen LogP contribution in [0.1, 0.15) is 18.4 Å². The van der Waals surface area contributed by atoms with Crippen molar-refractivity contribution >= 4 is 29.2 Å². The number of likely N-dealkylation sites (tertiary alicyclic amines) is 1. The molecule has 0 aliphatic carbocycles. The second-order valence-electron chi connectivity index (χ2n) is 8.29. The van der Waals surface area contributed by atoms with Crippen molar-refractivity contribution < 1.29 is 18.7 Å². The lowest BCUT2D eigenvalue weighted by Crippen LogP contribution is -2.37. The molecule has 37 heavy (non-hydrogen) atoms. The van der Waals surface area contributed by atoms with Gasteiger partial charge in [0.05, 0.1) is 12.6 Å². The number of benzene rings is 2. The number of hydrogen-bond donors (Lipinski definition) is 1. The van der Waals surface area contributed by atoms with Gasteiger partial charge in [0.1, 0.15) is 36.3 Å². The van der Waals surface area contributed by atoms with Crippen LogP contribution in [0.3, 0.4) is 0 Å². The molecule has 0 unspecified atom stereocenters. The van der Waals surface area contributed by atoms with Gasteiger partial charge < -0.3 is 14.8 Å². The van der Waals surface area contributed by atoms with Gasteiger partial charge in [0, 0.05) is 5.69 Å². The van der Waals surface area contributed by atoms with E-state index >= 15 is 0 Å². The number of aryl methyl sites for hydroxylation is 1. The summed E-state index contributed by atoms with van der Waals surface area (Å²) in [6, 6.07) is 15.0. The number of rotatable bonds is 6. The number of nitrogens with zero attached hydrogens (tertiary/aromatic N) is 4. The van der Waals surface area contributed by atoms with E-state index in [1.165, 1.54) is 35.0 Å². The van der Waals surface area contributed by atoms with Gasteiger partial charge >= 0.3 is 0 Å². The van der Waals surface area contributed by atoms with E-state index in [0.29, 0.717) is 18.0 Å². The second-order valence-corrected chi connectivity index (χ2v) is 9.07. The van der Waals surface area contributed by atoms with Gasteiger partial charge in [-0.3, -0.25) is 9.69 Å². The molecule has 3 heterocycles. The number of carbonyl (C=O) groups excluding carboxylic acids is 2. The van der Waals surface area contributed by atoms with Crippen LogP contribution in [0.25, 0.3) is 0 Å². The molecular weight excluding hydrogens is 493 g/mol. The van der Waals surface area contributed by atoms with Gasteiger partial charge in [-0.05, 0) is 104 Å². The summed E-state index contributed by atoms with van der Waals surface area (Å²) in [6.07, 6.45) is 5.61. The fourth-order valence-corrected chi connectivity index (χ4v) is 4.11. The highest BCUT2D eigenvalue weighted by molar-refractivity contribution is 7.07. The van der Waals surface area contributed by atoms with E-state index in [9.17, 15) is 14.0 Å². The molecule has 1 atom stereocenters. The van der Waals surface area contributed by atoms with Gasteiger partial charge in [0.15, 0.2) is 0 Å². The average Bonchev–Trinajstić information content (AvgIpc) is 3.67. The maximum atomic E-state index is 12.9. The second kappa shape index (κ2) is 14.6. The first-order valence-corrected chi connectivity index (χ1v) is 12.7. The Morgan fingerprint density at radius 2 is 1.86 bits per heavy atom. The first kappa shape index (κ1) is 27.7. The minimum Gasteiger partial charge on any atom is -0.457 e. The van der Waals surface area contributed by atoms with Crippen LogP contribution in [-0.4, -0.2) is 51.5 Å². The number of anilines is 1.